The van der Waals surface area contributed by atoms with Crippen LogP contribution < -0.4 is 0 Å². The second-order valence-corrected chi connectivity index (χ2v) is 4.56. The normalized spacial score (nSPS) is 21.6. The van der Waals surface area contributed by atoms with Crippen molar-refractivity contribution in [3.63, 3.8) is 0 Å². The number of carbonyl (C=O) groups is 1. The van der Waals surface area contributed by atoms with Crippen LogP contribution >= 0.6 is 0 Å². The summed E-state index contributed by atoms with van der Waals surface area (Å²) in [4.78, 5) is 26.6. The standard InChI is InChI=1S/C9H15N3O4/c1-8(2)6(7(13)16-5)10-9(3,4)11(8)12(14)15/h1-5H3. The van der Waals surface area contributed by atoms with Crippen molar-refractivity contribution in [2.75, 3.05) is 7.11 Å². The van der Waals surface area contributed by atoms with Crippen molar-refractivity contribution >= 4 is 11.7 Å². The summed E-state index contributed by atoms with van der Waals surface area (Å²) in [7, 11) is 1.22. The lowest BCUT2D eigenvalue weighted by molar-refractivity contribution is -0.683. The number of ether oxygens (including phenoxy) is 1. The minimum atomic E-state index is -1.08. The Morgan fingerprint density at radius 1 is 1.44 bits per heavy atom. The number of esters is 1. The van der Waals surface area contributed by atoms with Crippen molar-refractivity contribution in [3.8, 4) is 0 Å². The SMILES string of the molecule is COC(=O)C1=NC(C)(C)N([N+](=O)[O-])C1(C)C. The summed E-state index contributed by atoms with van der Waals surface area (Å²) in [5.41, 5.74) is -2.08. The van der Waals surface area contributed by atoms with Gasteiger partial charge in [-0.1, -0.05) is 5.01 Å². The molecule has 0 aromatic carbocycles. The summed E-state index contributed by atoms with van der Waals surface area (Å²) < 4.78 is 4.57. The Morgan fingerprint density at radius 2 is 1.94 bits per heavy atom. The van der Waals surface area contributed by atoms with Crippen molar-refractivity contribution in [3.05, 3.63) is 10.1 Å². The highest BCUT2D eigenvalue weighted by atomic mass is 16.7. The third-order valence-corrected chi connectivity index (χ3v) is 2.55. The van der Waals surface area contributed by atoms with Crippen molar-refractivity contribution in [1.29, 1.82) is 0 Å². The maximum atomic E-state index is 11.5. The number of aliphatic imine (C=N–C) groups is 1. The van der Waals surface area contributed by atoms with Crippen LogP contribution in [0.5, 0.6) is 0 Å². The summed E-state index contributed by atoms with van der Waals surface area (Å²) >= 11 is 0. The van der Waals surface area contributed by atoms with Crippen LogP contribution in [-0.4, -0.2) is 40.0 Å². The van der Waals surface area contributed by atoms with Crippen molar-refractivity contribution in [2.24, 2.45) is 4.99 Å². The molecule has 0 bridgehead atoms. The Hall–Kier alpha value is -1.66. The molecule has 7 nitrogen and oxygen atoms in total. The molecule has 0 saturated heterocycles. The molecule has 0 aromatic heterocycles. The van der Waals surface area contributed by atoms with Crippen LogP contribution in [0.1, 0.15) is 27.7 Å². The van der Waals surface area contributed by atoms with Crippen LogP contribution in [0, 0.1) is 10.1 Å². The monoisotopic (exact) mass is 229 g/mol. The van der Waals surface area contributed by atoms with Gasteiger partial charge in [-0.05, 0) is 27.7 Å². The minimum Gasteiger partial charge on any atom is -0.464 e. The summed E-state index contributed by atoms with van der Waals surface area (Å²) in [6.45, 7) is 6.29. The lowest BCUT2D eigenvalue weighted by Crippen LogP contribution is -2.56. The predicted octanol–water partition coefficient (Wildman–Crippen LogP) is 0.622. The van der Waals surface area contributed by atoms with Crippen molar-refractivity contribution < 1.29 is 14.6 Å². The Morgan fingerprint density at radius 3 is 2.25 bits per heavy atom. The first-order valence-electron chi connectivity index (χ1n) is 4.78. The van der Waals surface area contributed by atoms with Gasteiger partial charge in [0.1, 0.15) is 5.54 Å². The maximum Gasteiger partial charge on any atom is 0.354 e. The molecule has 0 atom stereocenters. The van der Waals surface area contributed by atoms with Gasteiger partial charge >= 0.3 is 5.97 Å². The number of nitrogens with zero attached hydrogens (tertiary/aromatic N) is 3. The van der Waals surface area contributed by atoms with E-state index >= 15 is 0 Å². The third-order valence-electron chi connectivity index (χ3n) is 2.55. The number of hydrazine groups is 1. The van der Waals surface area contributed by atoms with Gasteiger partial charge in [-0.3, -0.25) is 0 Å². The van der Waals surface area contributed by atoms with Crippen LogP contribution in [0.2, 0.25) is 0 Å². The van der Waals surface area contributed by atoms with E-state index in [1.165, 1.54) is 7.11 Å². The number of methoxy groups -OCH3 is 1. The molecule has 1 aliphatic heterocycles. The molecule has 0 amide bonds. The predicted molar refractivity (Wildman–Crippen MR) is 56.4 cm³/mol. The van der Waals surface area contributed by atoms with Crippen molar-refractivity contribution in [1.82, 2.24) is 5.01 Å². The van der Waals surface area contributed by atoms with E-state index in [0.29, 0.717) is 0 Å². The largest absolute Gasteiger partial charge is 0.464 e. The zero-order valence-electron chi connectivity index (χ0n) is 9.97. The highest BCUT2D eigenvalue weighted by Gasteiger charge is 2.57. The number of carbonyl (C=O) groups excluding carboxylic acids is 1. The van der Waals surface area contributed by atoms with Gasteiger partial charge in [-0.15, -0.1) is 0 Å². The molecule has 0 spiro atoms. The van der Waals surface area contributed by atoms with Gasteiger partial charge < -0.3 is 4.74 Å². The number of hydrogen-bond acceptors (Lipinski definition) is 5. The Kier molecular flexibility index (Phi) is 2.66. The lowest BCUT2D eigenvalue weighted by Gasteiger charge is -2.30. The molecule has 16 heavy (non-hydrogen) atoms. The topological polar surface area (TPSA) is 85.0 Å². The summed E-state index contributed by atoms with van der Waals surface area (Å²) in [6, 6.07) is 0. The van der Waals surface area contributed by atoms with Crippen LogP contribution in [0.3, 0.4) is 0 Å². The van der Waals surface area contributed by atoms with E-state index in [1.807, 2.05) is 0 Å². The molecule has 0 radical (unpaired) electrons. The molecule has 0 aromatic rings. The molecule has 0 fully saturated rings. The smallest absolute Gasteiger partial charge is 0.354 e. The van der Waals surface area contributed by atoms with E-state index in [4.69, 9.17) is 0 Å². The van der Waals surface area contributed by atoms with Crippen LogP contribution in [0.25, 0.3) is 0 Å². The molecule has 0 unspecified atom stereocenters. The minimum absolute atomic E-state index is 0.0664. The summed E-state index contributed by atoms with van der Waals surface area (Å²) in [5, 5.41) is 11.4. The molecular formula is C9H15N3O4. The van der Waals surface area contributed by atoms with Gasteiger partial charge in [-0.25, -0.2) is 19.9 Å². The van der Waals surface area contributed by atoms with Crippen LogP contribution in [0.15, 0.2) is 4.99 Å². The first kappa shape index (κ1) is 12.4. The molecule has 1 heterocycles. The second-order valence-electron chi connectivity index (χ2n) is 4.56. The Labute approximate surface area is 93.2 Å². The number of hydrogen-bond donors (Lipinski definition) is 0. The number of nitro groups is 1. The lowest BCUT2D eigenvalue weighted by atomic mass is 9.98. The summed E-state index contributed by atoms with van der Waals surface area (Å²) in [5.74, 6) is -0.637. The van der Waals surface area contributed by atoms with E-state index in [-0.39, 0.29) is 5.71 Å². The first-order chi connectivity index (χ1) is 7.14. The second kappa shape index (κ2) is 3.43. The highest BCUT2D eigenvalue weighted by Crippen LogP contribution is 2.35. The molecule has 1 rings (SSSR count). The van der Waals surface area contributed by atoms with Gasteiger partial charge in [0, 0.05) is 0 Å². The molecule has 0 aliphatic carbocycles. The first-order valence-corrected chi connectivity index (χ1v) is 4.78. The zero-order chi connectivity index (χ0) is 12.7. The molecular weight excluding hydrogens is 214 g/mol. The average Bonchev–Trinajstić information content (AvgIpc) is 2.29. The average molecular weight is 229 g/mol. The van der Waals surface area contributed by atoms with Crippen LogP contribution in [0.4, 0.5) is 0 Å². The quantitative estimate of drug-likeness (QED) is 0.393. The molecule has 1 aliphatic rings. The highest BCUT2D eigenvalue weighted by molar-refractivity contribution is 6.40. The molecule has 0 N–H and O–H groups in total. The maximum absolute atomic E-state index is 11.5. The zero-order valence-corrected chi connectivity index (χ0v) is 9.97. The van der Waals surface area contributed by atoms with Gasteiger partial charge in [0.25, 0.3) is 0 Å². The number of rotatable bonds is 2. The van der Waals surface area contributed by atoms with E-state index in [0.717, 1.165) is 5.01 Å². The van der Waals surface area contributed by atoms with Gasteiger partial charge in [0.05, 0.1) is 7.11 Å². The fourth-order valence-electron chi connectivity index (χ4n) is 2.04. The van der Waals surface area contributed by atoms with Gasteiger partial charge in [0.2, 0.25) is 0 Å². The Bertz CT molecular complexity index is 373. The van der Waals surface area contributed by atoms with Crippen LogP contribution in [-0.2, 0) is 9.53 Å². The van der Waals surface area contributed by atoms with Gasteiger partial charge in [0.15, 0.2) is 16.4 Å². The van der Waals surface area contributed by atoms with Gasteiger partial charge in [-0.2, -0.15) is 0 Å². The fourth-order valence-corrected chi connectivity index (χ4v) is 2.04. The fraction of sp³-hybridized carbons (Fsp3) is 0.778. The van der Waals surface area contributed by atoms with E-state index in [1.54, 1.807) is 27.7 Å². The van der Waals surface area contributed by atoms with Crippen molar-refractivity contribution in [2.45, 2.75) is 38.9 Å². The van der Waals surface area contributed by atoms with E-state index < -0.39 is 22.2 Å². The van der Waals surface area contributed by atoms with E-state index in [9.17, 15) is 14.9 Å². The molecule has 90 valence electrons. The molecule has 7 heteroatoms. The molecule has 0 saturated carbocycles. The Balaban J connectivity index is 3.26. The summed E-state index contributed by atoms with van der Waals surface area (Å²) in [6.07, 6.45) is 0. The third kappa shape index (κ3) is 1.62. The van der Waals surface area contributed by atoms with E-state index in [2.05, 4.69) is 9.73 Å².